The van der Waals surface area contributed by atoms with Crippen LogP contribution in [-0.2, 0) is 10.0 Å². The molecule has 1 aliphatic rings. The molecule has 0 bridgehead atoms. The Labute approximate surface area is 155 Å². The summed E-state index contributed by atoms with van der Waals surface area (Å²) in [4.78, 5) is 11.7. The van der Waals surface area contributed by atoms with Gasteiger partial charge in [0.05, 0.1) is 14.9 Å². The van der Waals surface area contributed by atoms with Gasteiger partial charge in [-0.05, 0) is 55.3 Å². The molecule has 0 saturated heterocycles. The molecule has 0 atom stereocenters. The van der Waals surface area contributed by atoms with Crippen LogP contribution in [-0.4, -0.2) is 20.5 Å². The largest absolute Gasteiger partial charge is 0.335 e. The molecule has 25 heavy (non-hydrogen) atoms. The Morgan fingerprint density at radius 1 is 0.960 bits per heavy atom. The molecule has 9 heteroatoms. The van der Waals surface area contributed by atoms with Gasteiger partial charge in [0.2, 0.25) is 0 Å². The molecule has 1 aliphatic carbocycles. The van der Waals surface area contributed by atoms with Gasteiger partial charge < -0.3 is 10.6 Å². The summed E-state index contributed by atoms with van der Waals surface area (Å²) >= 11 is 11.7. The number of benzene rings is 2. The molecular formula is C16H15Cl2N3O3S. The van der Waals surface area contributed by atoms with Gasteiger partial charge in [-0.15, -0.1) is 0 Å². The van der Waals surface area contributed by atoms with Crippen molar-refractivity contribution >= 4 is 50.6 Å². The number of urea groups is 1. The number of nitrogens with one attached hydrogen (secondary N) is 3. The lowest BCUT2D eigenvalue weighted by Gasteiger charge is -2.10. The van der Waals surface area contributed by atoms with Crippen molar-refractivity contribution in [2.75, 3.05) is 10.0 Å². The van der Waals surface area contributed by atoms with E-state index in [1.54, 1.807) is 24.3 Å². The lowest BCUT2D eigenvalue weighted by atomic mass is 10.3. The van der Waals surface area contributed by atoms with Crippen LogP contribution >= 0.6 is 23.2 Å². The molecule has 3 N–H and O–H groups in total. The Bertz CT molecular complexity index is 897. The summed E-state index contributed by atoms with van der Waals surface area (Å²) in [5.41, 5.74) is 0.926. The summed E-state index contributed by atoms with van der Waals surface area (Å²) in [5.74, 6) is 0. The lowest BCUT2D eigenvalue weighted by molar-refractivity contribution is 0.251. The van der Waals surface area contributed by atoms with Crippen molar-refractivity contribution < 1.29 is 13.2 Å². The van der Waals surface area contributed by atoms with Gasteiger partial charge in [-0.25, -0.2) is 13.2 Å². The van der Waals surface area contributed by atoms with Crippen LogP contribution in [0.4, 0.5) is 16.2 Å². The highest BCUT2D eigenvalue weighted by Crippen LogP contribution is 2.26. The molecule has 0 aliphatic heterocycles. The van der Waals surface area contributed by atoms with E-state index in [0.717, 1.165) is 12.8 Å². The van der Waals surface area contributed by atoms with E-state index in [1.807, 2.05) is 0 Å². The van der Waals surface area contributed by atoms with E-state index < -0.39 is 10.0 Å². The second-order valence-corrected chi connectivity index (χ2v) is 8.13. The van der Waals surface area contributed by atoms with Crippen molar-refractivity contribution in [3.8, 4) is 0 Å². The Morgan fingerprint density at radius 3 is 2.20 bits per heavy atom. The first-order valence-electron chi connectivity index (χ1n) is 7.49. The predicted octanol–water partition coefficient (Wildman–Crippen LogP) is 4.08. The lowest BCUT2D eigenvalue weighted by Crippen LogP contribution is -2.30. The van der Waals surface area contributed by atoms with Crippen molar-refractivity contribution in [1.29, 1.82) is 0 Å². The maximum Gasteiger partial charge on any atom is 0.319 e. The molecule has 1 fully saturated rings. The number of rotatable bonds is 5. The molecular weight excluding hydrogens is 385 g/mol. The summed E-state index contributed by atoms with van der Waals surface area (Å²) in [6.45, 7) is 0. The summed E-state index contributed by atoms with van der Waals surface area (Å²) < 4.78 is 27.2. The molecule has 3 rings (SSSR count). The van der Waals surface area contributed by atoms with Gasteiger partial charge in [-0.2, -0.15) is 0 Å². The van der Waals surface area contributed by atoms with Gasteiger partial charge in [-0.3, -0.25) is 4.72 Å². The molecule has 0 heterocycles. The molecule has 2 amide bonds. The van der Waals surface area contributed by atoms with Gasteiger partial charge in [0.15, 0.2) is 0 Å². The van der Waals surface area contributed by atoms with Crippen LogP contribution in [0.25, 0.3) is 0 Å². The van der Waals surface area contributed by atoms with Crippen molar-refractivity contribution in [2.24, 2.45) is 0 Å². The smallest absolute Gasteiger partial charge is 0.319 e. The van der Waals surface area contributed by atoms with Crippen LogP contribution in [0.1, 0.15) is 12.8 Å². The highest BCUT2D eigenvalue weighted by atomic mass is 35.5. The van der Waals surface area contributed by atoms with Crippen LogP contribution in [0, 0.1) is 0 Å². The highest BCUT2D eigenvalue weighted by molar-refractivity contribution is 7.92. The van der Waals surface area contributed by atoms with Crippen LogP contribution < -0.4 is 15.4 Å². The molecule has 1 saturated carbocycles. The number of hydrogen-bond acceptors (Lipinski definition) is 3. The standard InChI is InChI=1S/C16H15Cl2N3O3S/c17-14-8-7-13(9-15(14)18)25(23,24)21-12-5-3-11(4-6-12)20-16(22)19-10-1-2-10/h3-10,21H,1-2H2,(H2,19,20,22). The number of carbonyl (C=O) groups is 1. The predicted molar refractivity (Wildman–Crippen MR) is 98.9 cm³/mol. The average molecular weight is 400 g/mol. The third kappa shape index (κ3) is 4.78. The first-order chi connectivity index (χ1) is 11.8. The summed E-state index contributed by atoms with van der Waals surface area (Å²) in [6.07, 6.45) is 2.01. The Morgan fingerprint density at radius 2 is 1.60 bits per heavy atom. The maximum absolute atomic E-state index is 12.4. The summed E-state index contributed by atoms with van der Waals surface area (Å²) in [7, 11) is -3.79. The molecule has 0 spiro atoms. The highest BCUT2D eigenvalue weighted by Gasteiger charge is 2.23. The first kappa shape index (κ1) is 17.8. The Balaban J connectivity index is 1.67. The van der Waals surface area contributed by atoms with E-state index in [2.05, 4.69) is 15.4 Å². The average Bonchev–Trinajstić information content (AvgIpc) is 3.35. The Kier molecular flexibility index (Phi) is 5.08. The summed E-state index contributed by atoms with van der Waals surface area (Å²) in [5, 5.41) is 5.93. The van der Waals surface area contributed by atoms with E-state index in [-0.39, 0.29) is 27.0 Å². The van der Waals surface area contributed by atoms with Gasteiger partial charge in [0.25, 0.3) is 10.0 Å². The number of amides is 2. The van der Waals surface area contributed by atoms with Crippen LogP contribution in [0.2, 0.25) is 10.0 Å². The van der Waals surface area contributed by atoms with Crippen LogP contribution in [0.3, 0.4) is 0 Å². The molecule has 132 valence electrons. The maximum atomic E-state index is 12.4. The van der Waals surface area contributed by atoms with Gasteiger partial charge in [-0.1, -0.05) is 23.2 Å². The molecule has 2 aromatic rings. The number of sulfonamides is 1. The minimum absolute atomic E-state index is 0.00733. The normalized spacial score (nSPS) is 14.0. The number of hydrogen-bond donors (Lipinski definition) is 3. The molecule has 0 radical (unpaired) electrons. The van der Waals surface area contributed by atoms with Gasteiger partial charge >= 0.3 is 6.03 Å². The second-order valence-electron chi connectivity index (χ2n) is 5.63. The molecule has 6 nitrogen and oxygen atoms in total. The quantitative estimate of drug-likeness (QED) is 0.707. The van der Waals surface area contributed by atoms with E-state index >= 15 is 0 Å². The topological polar surface area (TPSA) is 87.3 Å². The van der Waals surface area contributed by atoms with Gasteiger partial charge in [0, 0.05) is 17.4 Å². The van der Waals surface area contributed by atoms with Crippen molar-refractivity contribution in [2.45, 2.75) is 23.8 Å². The van der Waals surface area contributed by atoms with E-state index in [9.17, 15) is 13.2 Å². The third-order valence-corrected chi connectivity index (χ3v) is 5.63. The zero-order chi connectivity index (χ0) is 18.0. The SMILES string of the molecule is O=C(Nc1ccc(NS(=O)(=O)c2ccc(Cl)c(Cl)c2)cc1)NC1CC1. The van der Waals surface area contributed by atoms with E-state index in [1.165, 1.54) is 18.2 Å². The van der Waals surface area contributed by atoms with Crippen LogP contribution in [0.5, 0.6) is 0 Å². The van der Waals surface area contributed by atoms with E-state index in [4.69, 9.17) is 23.2 Å². The molecule has 2 aromatic carbocycles. The van der Waals surface area contributed by atoms with Crippen molar-refractivity contribution in [3.05, 3.63) is 52.5 Å². The minimum Gasteiger partial charge on any atom is -0.335 e. The first-order valence-corrected chi connectivity index (χ1v) is 9.73. The van der Waals surface area contributed by atoms with Crippen LogP contribution in [0.15, 0.2) is 47.4 Å². The molecule has 0 aromatic heterocycles. The molecule has 0 unspecified atom stereocenters. The number of anilines is 2. The zero-order valence-electron chi connectivity index (χ0n) is 12.9. The Hall–Kier alpha value is -1.96. The van der Waals surface area contributed by atoms with E-state index in [0.29, 0.717) is 11.4 Å². The fourth-order valence-corrected chi connectivity index (χ4v) is 3.51. The summed E-state index contributed by atoms with van der Waals surface area (Å²) in [6, 6.07) is 10.4. The minimum atomic E-state index is -3.79. The zero-order valence-corrected chi connectivity index (χ0v) is 15.3. The van der Waals surface area contributed by atoms with Crippen molar-refractivity contribution in [3.63, 3.8) is 0 Å². The number of carbonyl (C=O) groups excluding carboxylic acids is 1. The van der Waals surface area contributed by atoms with Crippen molar-refractivity contribution in [1.82, 2.24) is 5.32 Å². The fourth-order valence-electron chi connectivity index (χ4n) is 2.06. The second kappa shape index (κ2) is 7.11. The number of halogens is 2. The monoisotopic (exact) mass is 399 g/mol. The van der Waals surface area contributed by atoms with Gasteiger partial charge in [0.1, 0.15) is 0 Å². The third-order valence-electron chi connectivity index (χ3n) is 3.51. The fraction of sp³-hybridized carbons (Fsp3) is 0.188.